The van der Waals surface area contributed by atoms with E-state index in [1.165, 1.54) is 17.2 Å². The smallest absolute Gasteiger partial charge is 0.271 e. The number of nitrogen functional groups attached to an aromatic ring is 1. The van der Waals surface area contributed by atoms with Crippen molar-refractivity contribution in [2.45, 2.75) is 13.0 Å². The number of non-ortho nitro benzene ring substituents is 1. The van der Waals surface area contributed by atoms with Crippen LogP contribution in [0.3, 0.4) is 0 Å². The molecule has 5 heteroatoms. The Hall–Kier alpha value is -2.56. The molecule has 5 nitrogen and oxygen atoms in total. The summed E-state index contributed by atoms with van der Waals surface area (Å²) < 4.78 is 0. The van der Waals surface area contributed by atoms with Gasteiger partial charge in [0.1, 0.15) is 0 Å². The second-order valence-corrected chi connectivity index (χ2v) is 4.93. The maximum atomic E-state index is 10.8. The van der Waals surface area contributed by atoms with Crippen molar-refractivity contribution in [3.05, 3.63) is 63.7 Å². The molecule has 0 radical (unpaired) electrons. The molecule has 0 saturated heterocycles. The highest BCUT2D eigenvalue weighted by Crippen LogP contribution is 2.29. The first-order chi connectivity index (χ1) is 9.65. The summed E-state index contributed by atoms with van der Waals surface area (Å²) in [7, 11) is 0. The van der Waals surface area contributed by atoms with Crippen molar-refractivity contribution in [1.29, 1.82) is 0 Å². The van der Waals surface area contributed by atoms with E-state index in [0.29, 0.717) is 0 Å². The quantitative estimate of drug-likeness (QED) is 0.517. The number of nitro benzene ring substituents is 1. The first-order valence-corrected chi connectivity index (χ1v) is 6.51. The lowest BCUT2D eigenvalue weighted by molar-refractivity contribution is -0.384. The first-order valence-electron chi connectivity index (χ1n) is 6.51. The molecule has 2 aromatic carbocycles. The van der Waals surface area contributed by atoms with Crippen molar-refractivity contribution < 1.29 is 4.92 Å². The van der Waals surface area contributed by atoms with Crippen LogP contribution in [0.5, 0.6) is 0 Å². The Balaban J connectivity index is 1.90. The van der Waals surface area contributed by atoms with E-state index in [1.54, 1.807) is 12.1 Å². The minimum absolute atomic E-state index is 0.126. The molecule has 1 aliphatic heterocycles. The number of hydrogen-bond donors (Lipinski definition) is 1. The SMILES string of the molecule is Nc1cccc2c1CCN(c1cccc([N+](=O)[O-])c1)C2. The molecule has 1 aliphatic rings. The van der Waals surface area contributed by atoms with Gasteiger partial charge in [-0.05, 0) is 29.7 Å². The summed E-state index contributed by atoms with van der Waals surface area (Å²) >= 11 is 0. The summed E-state index contributed by atoms with van der Waals surface area (Å²) in [5.74, 6) is 0. The maximum Gasteiger partial charge on any atom is 0.271 e. The Kier molecular flexibility index (Phi) is 3.02. The number of nitro groups is 1. The molecule has 0 aromatic heterocycles. The molecule has 2 N–H and O–H groups in total. The number of fused-ring (bicyclic) bond motifs is 1. The maximum absolute atomic E-state index is 10.8. The van der Waals surface area contributed by atoms with E-state index in [9.17, 15) is 10.1 Å². The van der Waals surface area contributed by atoms with Gasteiger partial charge in [-0.2, -0.15) is 0 Å². The second-order valence-electron chi connectivity index (χ2n) is 4.93. The van der Waals surface area contributed by atoms with E-state index in [2.05, 4.69) is 11.0 Å². The van der Waals surface area contributed by atoms with Gasteiger partial charge in [0.2, 0.25) is 0 Å². The second kappa shape index (κ2) is 4.85. The third kappa shape index (κ3) is 2.18. The Morgan fingerprint density at radius 1 is 1.20 bits per heavy atom. The summed E-state index contributed by atoms with van der Waals surface area (Å²) in [6.45, 7) is 1.56. The molecular weight excluding hydrogens is 254 g/mol. The summed E-state index contributed by atoms with van der Waals surface area (Å²) in [6.07, 6.45) is 0.866. The number of benzene rings is 2. The zero-order valence-electron chi connectivity index (χ0n) is 11.0. The number of hydrogen-bond acceptors (Lipinski definition) is 4. The van der Waals surface area contributed by atoms with Crippen LogP contribution in [0, 0.1) is 10.1 Å². The van der Waals surface area contributed by atoms with Crippen LogP contribution in [0.15, 0.2) is 42.5 Å². The summed E-state index contributed by atoms with van der Waals surface area (Å²) in [5.41, 5.74) is 10.2. The van der Waals surface area contributed by atoms with Crippen molar-refractivity contribution in [3.8, 4) is 0 Å². The third-order valence-corrected chi connectivity index (χ3v) is 3.71. The fourth-order valence-electron chi connectivity index (χ4n) is 2.66. The molecular formula is C15H15N3O2. The van der Waals surface area contributed by atoms with Gasteiger partial charge in [-0.3, -0.25) is 10.1 Å². The van der Waals surface area contributed by atoms with Gasteiger partial charge in [-0.1, -0.05) is 18.2 Å². The van der Waals surface area contributed by atoms with E-state index in [1.807, 2.05) is 18.2 Å². The van der Waals surface area contributed by atoms with Crippen LogP contribution in [-0.4, -0.2) is 11.5 Å². The highest BCUT2D eigenvalue weighted by molar-refractivity contribution is 5.58. The van der Waals surface area contributed by atoms with Crippen LogP contribution in [-0.2, 0) is 13.0 Å². The van der Waals surface area contributed by atoms with Crippen molar-refractivity contribution in [3.63, 3.8) is 0 Å². The molecule has 0 spiro atoms. The molecule has 0 aliphatic carbocycles. The van der Waals surface area contributed by atoms with Gasteiger partial charge >= 0.3 is 0 Å². The van der Waals surface area contributed by atoms with Gasteiger partial charge in [-0.15, -0.1) is 0 Å². The Morgan fingerprint density at radius 3 is 2.80 bits per heavy atom. The van der Waals surface area contributed by atoms with Crippen LogP contribution in [0.25, 0.3) is 0 Å². The van der Waals surface area contributed by atoms with Gasteiger partial charge < -0.3 is 10.6 Å². The van der Waals surface area contributed by atoms with Crippen LogP contribution in [0.4, 0.5) is 17.1 Å². The van der Waals surface area contributed by atoms with E-state index >= 15 is 0 Å². The molecule has 2 aromatic rings. The number of anilines is 2. The minimum atomic E-state index is -0.362. The molecule has 0 unspecified atom stereocenters. The largest absolute Gasteiger partial charge is 0.398 e. The van der Waals surface area contributed by atoms with E-state index in [0.717, 1.165) is 30.9 Å². The highest BCUT2D eigenvalue weighted by Gasteiger charge is 2.19. The fraction of sp³-hybridized carbons (Fsp3) is 0.200. The Bertz CT molecular complexity index is 670. The van der Waals surface area contributed by atoms with Crippen LogP contribution in [0.1, 0.15) is 11.1 Å². The Morgan fingerprint density at radius 2 is 2.00 bits per heavy atom. The van der Waals surface area contributed by atoms with Gasteiger partial charge in [0, 0.05) is 36.6 Å². The van der Waals surface area contributed by atoms with E-state index in [4.69, 9.17) is 5.73 Å². The van der Waals surface area contributed by atoms with Crippen molar-refractivity contribution in [1.82, 2.24) is 0 Å². The number of rotatable bonds is 2. The van der Waals surface area contributed by atoms with Crippen molar-refractivity contribution in [2.75, 3.05) is 17.2 Å². The normalized spacial score (nSPS) is 13.9. The minimum Gasteiger partial charge on any atom is -0.398 e. The topological polar surface area (TPSA) is 72.4 Å². The molecule has 1 heterocycles. The van der Waals surface area contributed by atoms with E-state index in [-0.39, 0.29) is 10.6 Å². The lowest BCUT2D eigenvalue weighted by atomic mass is 9.97. The summed E-state index contributed by atoms with van der Waals surface area (Å²) in [5, 5.41) is 10.8. The van der Waals surface area contributed by atoms with Gasteiger partial charge in [-0.25, -0.2) is 0 Å². The Labute approximate surface area is 116 Å². The molecule has 0 fully saturated rings. The van der Waals surface area contributed by atoms with Crippen LogP contribution < -0.4 is 10.6 Å². The average Bonchev–Trinajstić information content (AvgIpc) is 2.47. The lowest BCUT2D eigenvalue weighted by Gasteiger charge is -2.31. The summed E-state index contributed by atoms with van der Waals surface area (Å²) in [4.78, 5) is 12.6. The zero-order chi connectivity index (χ0) is 14.1. The third-order valence-electron chi connectivity index (χ3n) is 3.71. The molecule has 102 valence electrons. The summed E-state index contributed by atoms with van der Waals surface area (Å²) in [6, 6.07) is 12.7. The number of nitrogens with zero attached hydrogens (tertiary/aromatic N) is 2. The molecule has 20 heavy (non-hydrogen) atoms. The van der Waals surface area contributed by atoms with Crippen molar-refractivity contribution in [2.24, 2.45) is 0 Å². The monoisotopic (exact) mass is 269 g/mol. The highest BCUT2D eigenvalue weighted by atomic mass is 16.6. The van der Waals surface area contributed by atoms with Crippen LogP contribution >= 0.6 is 0 Å². The zero-order valence-corrected chi connectivity index (χ0v) is 11.0. The first kappa shape index (κ1) is 12.5. The van der Waals surface area contributed by atoms with Crippen molar-refractivity contribution >= 4 is 17.1 Å². The average molecular weight is 269 g/mol. The molecule has 0 bridgehead atoms. The molecule has 0 amide bonds. The van der Waals surface area contributed by atoms with Gasteiger partial charge in [0.05, 0.1) is 4.92 Å². The van der Waals surface area contributed by atoms with Gasteiger partial charge in [0.25, 0.3) is 5.69 Å². The molecule has 0 saturated carbocycles. The predicted molar refractivity (Wildman–Crippen MR) is 78.7 cm³/mol. The van der Waals surface area contributed by atoms with E-state index < -0.39 is 0 Å². The standard InChI is InChI=1S/C15H15N3O2/c16-15-6-1-3-11-10-17(8-7-14(11)15)12-4-2-5-13(9-12)18(19)20/h1-6,9H,7-8,10,16H2. The molecule has 3 rings (SSSR count). The van der Waals surface area contributed by atoms with Crippen LogP contribution in [0.2, 0.25) is 0 Å². The van der Waals surface area contributed by atoms with Gasteiger partial charge in [0.15, 0.2) is 0 Å². The fourth-order valence-corrected chi connectivity index (χ4v) is 2.66. The lowest BCUT2D eigenvalue weighted by Crippen LogP contribution is -2.30. The molecule has 0 atom stereocenters. The predicted octanol–water partition coefficient (Wildman–Crippen LogP) is 2.74. The number of nitrogens with two attached hydrogens (primary N) is 1.